The third-order valence-corrected chi connectivity index (χ3v) is 3.36. The molecule has 1 rings (SSSR count). The lowest BCUT2D eigenvalue weighted by Crippen LogP contribution is -2.29. The number of hydrogen-bond donors (Lipinski definition) is 1. The summed E-state index contributed by atoms with van der Waals surface area (Å²) in [5.74, 6) is 0.994. The molecule has 0 aliphatic carbocycles. The van der Waals surface area contributed by atoms with Gasteiger partial charge in [0, 0.05) is 6.54 Å². The molecule has 0 saturated heterocycles. The van der Waals surface area contributed by atoms with Crippen LogP contribution in [0.3, 0.4) is 0 Å². The molecule has 0 aromatic carbocycles. The zero-order valence-electron chi connectivity index (χ0n) is 12.5. The van der Waals surface area contributed by atoms with Crippen LogP contribution >= 0.6 is 11.6 Å². The van der Waals surface area contributed by atoms with Crippen molar-refractivity contribution in [2.45, 2.75) is 47.6 Å². The van der Waals surface area contributed by atoms with Gasteiger partial charge in [-0.25, -0.2) is 0 Å². The molecular weight excluding hydrogens is 264 g/mol. The molecule has 0 atom stereocenters. The summed E-state index contributed by atoms with van der Waals surface area (Å²) in [6.07, 6.45) is -0.00146. The van der Waals surface area contributed by atoms with Gasteiger partial charge in [-0.2, -0.15) is 15.0 Å². The summed E-state index contributed by atoms with van der Waals surface area (Å²) in [6.45, 7) is 13.3. The zero-order valence-corrected chi connectivity index (χ0v) is 13.2. The molecule has 6 heteroatoms. The predicted molar refractivity (Wildman–Crippen MR) is 77.7 cm³/mol. The monoisotopic (exact) mass is 286 g/mol. The maximum absolute atomic E-state index is 5.86. The summed E-state index contributed by atoms with van der Waals surface area (Å²) in [7, 11) is 0. The van der Waals surface area contributed by atoms with Crippen LogP contribution in [0.25, 0.3) is 0 Å². The van der Waals surface area contributed by atoms with Gasteiger partial charge in [0.25, 0.3) is 0 Å². The molecule has 0 fully saturated rings. The second-order valence-corrected chi connectivity index (χ2v) is 6.21. The van der Waals surface area contributed by atoms with Gasteiger partial charge in [-0.05, 0) is 36.8 Å². The summed E-state index contributed by atoms with van der Waals surface area (Å²) in [4.78, 5) is 12.2. The van der Waals surface area contributed by atoms with Gasteiger partial charge in [0.05, 0.1) is 6.10 Å². The fraction of sp³-hybridized carbons (Fsp3) is 0.769. The summed E-state index contributed by atoms with van der Waals surface area (Å²) < 4.78 is 5.43. The van der Waals surface area contributed by atoms with Crippen LogP contribution in [0.5, 0.6) is 6.01 Å². The summed E-state index contributed by atoms with van der Waals surface area (Å²) in [5.41, 5.74) is 0.137. The molecule has 1 aromatic rings. The van der Waals surface area contributed by atoms with Gasteiger partial charge in [-0.15, -0.1) is 0 Å². The second-order valence-electron chi connectivity index (χ2n) is 5.87. The Hall–Kier alpha value is -1.10. The SMILES string of the molecule is CC(C)Oc1nc(Cl)nc(NCC(C)(C)C(C)C)n1. The maximum atomic E-state index is 5.86. The lowest BCUT2D eigenvalue weighted by molar-refractivity contribution is 0.221. The van der Waals surface area contributed by atoms with Crippen LogP contribution < -0.4 is 10.1 Å². The standard InChI is InChI=1S/C13H23ClN4O/c1-8(2)13(5,6)7-15-11-16-10(14)17-12(18-11)19-9(3)4/h8-9H,7H2,1-6H3,(H,15,16,17,18). The first-order valence-electron chi connectivity index (χ1n) is 6.53. The summed E-state index contributed by atoms with van der Waals surface area (Å²) >= 11 is 5.86. The quantitative estimate of drug-likeness (QED) is 0.868. The van der Waals surface area contributed by atoms with E-state index in [1.807, 2.05) is 13.8 Å². The first-order valence-corrected chi connectivity index (χ1v) is 6.90. The third-order valence-electron chi connectivity index (χ3n) is 3.19. The number of halogens is 1. The van der Waals surface area contributed by atoms with E-state index in [2.05, 4.69) is 48.0 Å². The number of ether oxygens (including phenoxy) is 1. The Kier molecular flexibility index (Phi) is 5.35. The Morgan fingerprint density at radius 2 is 1.79 bits per heavy atom. The highest BCUT2D eigenvalue weighted by molar-refractivity contribution is 6.28. The number of anilines is 1. The first kappa shape index (κ1) is 16.0. The minimum atomic E-state index is -0.00146. The van der Waals surface area contributed by atoms with E-state index >= 15 is 0 Å². The van der Waals surface area contributed by atoms with Gasteiger partial charge < -0.3 is 10.1 Å². The fourth-order valence-electron chi connectivity index (χ4n) is 1.19. The van der Waals surface area contributed by atoms with E-state index < -0.39 is 0 Å². The minimum Gasteiger partial charge on any atom is -0.461 e. The fourth-order valence-corrected chi connectivity index (χ4v) is 1.34. The largest absolute Gasteiger partial charge is 0.461 e. The van der Waals surface area contributed by atoms with E-state index in [-0.39, 0.29) is 22.8 Å². The zero-order chi connectivity index (χ0) is 14.6. The molecule has 0 amide bonds. The first-order chi connectivity index (χ1) is 8.70. The molecule has 5 nitrogen and oxygen atoms in total. The van der Waals surface area contributed by atoms with Crippen LogP contribution in [-0.4, -0.2) is 27.6 Å². The van der Waals surface area contributed by atoms with Crippen molar-refractivity contribution in [3.8, 4) is 6.01 Å². The molecule has 0 saturated carbocycles. The Bertz CT molecular complexity index is 421. The highest BCUT2D eigenvalue weighted by Gasteiger charge is 2.22. The van der Waals surface area contributed by atoms with E-state index in [4.69, 9.17) is 16.3 Å². The minimum absolute atomic E-state index is 0.00146. The molecule has 19 heavy (non-hydrogen) atoms. The molecule has 1 heterocycles. The number of hydrogen-bond acceptors (Lipinski definition) is 5. The van der Waals surface area contributed by atoms with Crippen molar-refractivity contribution in [3.63, 3.8) is 0 Å². The van der Waals surface area contributed by atoms with Crippen molar-refractivity contribution in [2.24, 2.45) is 11.3 Å². The number of aromatic nitrogens is 3. The third kappa shape index (κ3) is 5.19. The van der Waals surface area contributed by atoms with Gasteiger partial charge in [-0.3, -0.25) is 0 Å². The van der Waals surface area contributed by atoms with Crippen molar-refractivity contribution in [3.05, 3.63) is 5.28 Å². The molecule has 0 bridgehead atoms. The molecule has 108 valence electrons. The van der Waals surface area contributed by atoms with Gasteiger partial charge in [0.2, 0.25) is 11.2 Å². The van der Waals surface area contributed by atoms with Crippen molar-refractivity contribution in [1.29, 1.82) is 0 Å². The van der Waals surface area contributed by atoms with E-state index in [0.29, 0.717) is 11.9 Å². The normalized spacial score (nSPS) is 12.1. The number of nitrogens with zero attached hydrogens (tertiary/aromatic N) is 3. The summed E-state index contributed by atoms with van der Waals surface area (Å²) in [5, 5.41) is 3.33. The molecule has 0 aliphatic rings. The number of nitrogens with one attached hydrogen (secondary N) is 1. The highest BCUT2D eigenvalue weighted by atomic mass is 35.5. The van der Waals surface area contributed by atoms with Crippen molar-refractivity contribution in [2.75, 3.05) is 11.9 Å². The van der Waals surface area contributed by atoms with Crippen LogP contribution in [0.4, 0.5) is 5.95 Å². The summed E-state index contributed by atoms with van der Waals surface area (Å²) in [6, 6.07) is 0.250. The molecule has 0 spiro atoms. The van der Waals surface area contributed by atoms with Gasteiger partial charge in [0.1, 0.15) is 0 Å². The van der Waals surface area contributed by atoms with E-state index in [9.17, 15) is 0 Å². The number of rotatable bonds is 6. The molecule has 1 N–H and O–H groups in total. The average molecular weight is 287 g/mol. The second kappa shape index (κ2) is 6.37. The van der Waals surface area contributed by atoms with Crippen LogP contribution in [0.15, 0.2) is 0 Å². The lowest BCUT2D eigenvalue weighted by Gasteiger charge is -2.29. The van der Waals surface area contributed by atoms with Crippen LogP contribution in [0.1, 0.15) is 41.5 Å². The molecule has 0 aliphatic heterocycles. The van der Waals surface area contributed by atoms with E-state index in [0.717, 1.165) is 6.54 Å². The highest BCUT2D eigenvalue weighted by Crippen LogP contribution is 2.26. The van der Waals surface area contributed by atoms with Crippen LogP contribution in [0, 0.1) is 11.3 Å². The van der Waals surface area contributed by atoms with Crippen molar-refractivity contribution in [1.82, 2.24) is 15.0 Å². The Morgan fingerprint density at radius 3 is 2.32 bits per heavy atom. The molecular formula is C13H23ClN4O. The van der Waals surface area contributed by atoms with Crippen molar-refractivity contribution >= 4 is 17.5 Å². The smallest absolute Gasteiger partial charge is 0.322 e. The predicted octanol–water partition coefficient (Wildman–Crippen LogP) is 3.41. The van der Waals surface area contributed by atoms with Gasteiger partial charge in [0.15, 0.2) is 0 Å². The maximum Gasteiger partial charge on any atom is 0.322 e. The Morgan fingerprint density at radius 1 is 1.16 bits per heavy atom. The van der Waals surface area contributed by atoms with Gasteiger partial charge >= 0.3 is 6.01 Å². The van der Waals surface area contributed by atoms with Crippen LogP contribution in [-0.2, 0) is 0 Å². The Labute approximate surface area is 120 Å². The molecule has 0 unspecified atom stereocenters. The average Bonchev–Trinajstić information content (AvgIpc) is 2.24. The molecule has 0 radical (unpaired) electrons. The van der Waals surface area contributed by atoms with E-state index in [1.165, 1.54) is 0 Å². The molecule has 1 aromatic heterocycles. The van der Waals surface area contributed by atoms with Gasteiger partial charge in [-0.1, -0.05) is 27.7 Å². The van der Waals surface area contributed by atoms with Crippen molar-refractivity contribution < 1.29 is 4.74 Å². The topological polar surface area (TPSA) is 59.9 Å². The van der Waals surface area contributed by atoms with Crippen LogP contribution in [0.2, 0.25) is 5.28 Å². The lowest BCUT2D eigenvalue weighted by atomic mass is 9.81. The Balaban J connectivity index is 2.76. The van der Waals surface area contributed by atoms with E-state index in [1.54, 1.807) is 0 Å².